The predicted molar refractivity (Wildman–Crippen MR) is 93.8 cm³/mol. The maximum absolute atomic E-state index is 13.3. The van der Waals surface area contributed by atoms with Crippen molar-refractivity contribution >= 4 is 11.6 Å². The number of methoxy groups -OCH3 is 2. The lowest BCUT2D eigenvalue weighted by atomic mass is 10.1. The second-order valence-electron chi connectivity index (χ2n) is 5.76. The van der Waals surface area contributed by atoms with Gasteiger partial charge in [0.05, 0.1) is 30.2 Å². The van der Waals surface area contributed by atoms with Gasteiger partial charge in [-0.2, -0.15) is 5.10 Å². The van der Waals surface area contributed by atoms with Gasteiger partial charge in [-0.15, -0.1) is 10.2 Å². The Morgan fingerprint density at radius 3 is 2.52 bits per heavy atom. The lowest BCUT2D eigenvalue weighted by Crippen LogP contribution is -2.16. The fourth-order valence-electron chi connectivity index (χ4n) is 2.67. The van der Waals surface area contributed by atoms with Crippen molar-refractivity contribution in [3.05, 3.63) is 47.2 Å². The maximum atomic E-state index is 13.3. The lowest BCUT2D eigenvalue weighted by Gasteiger charge is -2.07. The van der Waals surface area contributed by atoms with Crippen LogP contribution in [0.4, 0.5) is 4.39 Å². The molecule has 0 unspecified atom stereocenters. The van der Waals surface area contributed by atoms with Gasteiger partial charge in [-0.25, -0.2) is 13.7 Å². The molecule has 0 radical (unpaired) electrons. The van der Waals surface area contributed by atoms with Gasteiger partial charge in [0.25, 0.3) is 0 Å². The number of carbonyl (C=O) groups is 1. The largest absolute Gasteiger partial charge is 0.458 e. The zero-order valence-electron chi connectivity index (χ0n) is 15.2. The van der Waals surface area contributed by atoms with E-state index in [2.05, 4.69) is 15.3 Å². The highest BCUT2D eigenvalue weighted by atomic mass is 19.1. The number of hydrogen-bond acceptors (Lipinski definition) is 7. The van der Waals surface area contributed by atoms with E-state index < -0.39 is 5.97 Å². The smallest absolute Gasteiger partial charge is 0.360 e. The summed E-state index contributed by atoms with van der Waals surface area (Å²) in [6.07, 6.45) is 0. The molecule has 27 heavy (non-hydrogen) atoms. The van der Waals surface area contributed by atoms with Crippen molar-refractivity contribution in [3.63, 3.8) is 0 Å². The number of halogens is 1. The second-order valence-corrected chi connectivity index (χ2v) is 5.76. The average molecular weight is 374 g/mol. The number of esters is 1. The van der Waals surface area contributed by atoms with Gasteiger partial charge in [-0.05, 0) is 24.6 Å². The normalized spacial score (nSPS) is 11.1. The van der Waals surface area contributed by atoms with Gasteiger partial charge >= 0.3 is 5.97 Å². The van der Waals surface area contributed by atoms with Crippen molar-refractivity contribution in [2.24, 2.45) is 0 Å². The van der Waals surface area contributed by atoms with Crippen LogP contribution in [0.2, 0.25) is 0 Å². The molecule has 2 aromatic heterocycles. The van der Waals surface area contributed by atoms with Gasteiger partial charge < -0.3 is 14.2 Å². The topological polar surface area (TPSA) is 87.8 Å². The molecule has 0 atom stereocenters. The molecule has 8 nitrogen and oxygen atoms in total. The molecule has 9 heteroatoms. The molecule has 0 bridgehead atoms. The quantitative estimate of drug-likeness (QED) is 0.463. The van der Waals surface area contributed by atoms with Crippen LogP contribution < -0.4 is 0 Å². The number of nitrogens with zero attached hydrogens (tertiary/aromatic N) is 4. The molecular formula is C18H19FN4O4. The Balaban J connectivity index is 2.08. The number of rotatable bonds is 7. The molecule has 0 fully saturated rings. The molecule has 0 saturated heterocycles. The summed E-state index contributed by atoms with van der Waals surface area (Å²) >= 11 is 0. The Bertz CT molecular complexity index is 956. The Morgan fingerprint density at radius 1 is 1.11 bits per heavy atom. The molecule has 142 valence electrons. The van der Waals surface area contributed by atoms with E-state index in [1.165, 1.54) is 23.8 Å². The monoisotopic (exact) mass is 374 g/mol. The molecule has 0 aliphatic carbocycles. The van der Waals surface area contributed by atoms with Crippen LogP contribution in [0.5, 0.6) is 0 Å². The molecule has 1 aromatic carbocycles. The van der Waals surface area contributed by atoms with Crippen LogP contribution >= 0.6 is 0 Å². The van der Waals surface area contributed by atoms with E-state index in [4.69, 9.17) is 14.2 Å². The molecule has 2 heterocycles. The van der Waals surface area contributed by atoms with Crippen molar-refractivity contribution in [2.75, 3.05) is 27.4 Å². The average Bonchev–Trinajstić information content (AvgIpc) is 3.02. The summed E-state index contributed by atoms with van der Waals surface area (Å²) in [7, 11) is 3.07. The van der Waals surface area contributed by atoms with E-state index in [0.29, 0.717) is 22.6 Å². The molecule has 0 aliphatic rings. The third-order valence-electron chi connectivity index (χ3n) is 3.97. The van der Waals surface area contributed by atoms with Gasteiger partial charge in [-0.1, -0.05) is 12.1 Å². The Labute approximate surface area is 154 Å². The number of hydrogen-bond donors (Lipinski definition) is 0. The van der Waals surface area contributed by atoms with E-state index in [-0.39, 0.29) is 31.3 Å². The van der Waals surface area contributed by atoms with Crippen molar-refractivity contribution in [2.45, 2.75) is 13.5 Å². The fraction of sp³-hybridized carbons (Fsp3) is 0.333. The number of aryl methyl sites for hydroxylation is 1. The molecular weight excluding hydrogens is 355 g/mol. The molecule has 0 spiro atoms. The first-order chi connectivity index (χ1) is 13.1. The maximum Gasteiger partial charge on any atom is 0.360 e. The van der Waals surface area contributed by atoms with Crippen LogP contribution in [-0.2, 0) is 20.8 Å². The zero-order valence-corrected chi connectivity index (χ0v) is 15.2. The van der Waals surface area contributed by atoms with Crippen LogP contribution in [0.15, 0.2) is 24.3 Å². The number of fused-ring (bicyclic) bond motifs is 1. The van der Waals surface area contributed by atoms with Crippen LogP contribution in [0.1, 0.15) is 21.9 Å². The Morgan fingerprint density at radius 2 is 1.85 bits per heavy atom. The van der Waals surface area contributed by atoms with Crippen molar-refractivity contribution in [1.29, 1.82) is 0 Å². The Kier molecular flexibility index (Phi) is 5.72. The summed E-state index contributed by atoms with van der Waals surface area (Å²) in [6, 6.07) is 5.99. The minimum Gasteiger partial charge on any atom is -0.458 e. The molecule has 0 saturated carbocycles. The summed E-state index contributed by atoms with van der Waals surface area (Å²) in [6.45, 7) is 2.33. The van der Waals surface area contributed by atoms with Crippen LogP contribution in [-0.4, -0.2) is 53.2 Å². The second kappa shape index (κ2) is 8.19. The van der Waals surface area contributed by atoms with Gasteiger partial charge in [0.1, 0.15) is 12.4 Å². The minimum atomic E-state index is -0.605. The number of benzene rings is 1. The molecule has 0 aliphatic heterocycles. The summed E-state index contributed by atoms with van der Waals surface area (Å²) in [4.78, 5) is 12.2. The zero-order chi connectivity index (χ0) is 19.4. The summed E-state index contributed by atoms with van der Waals surface area (Å²) in [5, 5.41) is 12.7. The highest BCUT2D eigenvalue weighted by Gasteiger charge is 2.22. The van der Waals surface area contributed by atoms with Gasteiger partial charge in [0, 0.05) is 14.2 Å². The van der Waals surface area contributed by atoms with E-state index in [9.17, 15) is 9.18 Å². The van der Waals surface area contributed by atoms with E-state index in [1.807, 2.05) is 0 Å². The van der Waals surface area contributed by atoms with Crippen LogP contribution in [0.3, 0.4) is 0 Å². The number of aromatic nitrogens is 4. The van der Waals surface area contributed by atoms with Crippen LogP contribution in [0, 0.1) is 12.7 Å². The number of ether oxygens (including phenoxy) is 3. The standard InChI is InChI=1S/C18H19FN4O4/c1-11-16(18(24)27-9-8-25-2)20-21-17-15(12-4-6-13(19)7-5-12)14(10-26-3)22-23(11)17/h4-7H,8-10H2,1-3H3. The van der Waals surface area contributed by atoms with Crippen LogP contribution in [0.25, 0.3) is 16.8 Å². The van der Waals surface area contributed by atoms with Crippen molar-refractivity contribution in [1.82, 2.24) is 19.8 Å². The number of carbonyl (C=O) groups excluding carboxylic acids is 1. The van der Waals surface area contributed by atoms with Crippen molar-refractivity contribution in [3.8, 4) is 11.1 Å². The highest BCUT2D eigenvalue weighted by Crippen LogP contribution is 2.29. The Hall–Kier alpha value is -2.91. The van der Waals surface area contributed by atoms with E-state index >= 15 is 0 Å². The summed E-state index contributed by atoms with van der Waals surface area (Å²) in [5.41, 5.74) is 2.99. The van der Waals surface area contributed by atoms with Crippen molar-refractivity contribution < 1.29 is 23.4 Å². The highest BCUT2D eigenvalue weighted by molar-refractivity contribution is 5.89. The third-order valence-corrected chi connectivity index (χ3v) is 3.97. The molecule has 3 aromatic rings. The first-order valence-electron chi connectivity index (χ1n) is 8.22. The van der Waals surface area contributed by atoms with Gasteiger partial charge in [0.15, 0.2) is 11.3 Å². The van der Waals surface area contributed by atoms with Gasteiger partial charge in [-0.3, -0.25) is 0 Å². The fourth-order valence-corrected chi connectivity index (χ4v) is 2.67. The van der Waals surface area contributed by atoms with Gasteiger partial charge in [0.2, 0.25) is 0 Å². The SMILES string of the molecule is COCCOC(=O)c1nnc2c(-c3ccc(F)cc3)c(COC)nn2c1C. The third kappa shape index (κ3) is 3.79. The molecule has 0 amide bonds. The minimum absolute atomic E-state index is 0.0655. The first kappa shape index (κ1) is 18.9. The summed E-state index contributed by atoms with van der Waals surface area (Å²) < 4.78 is 30.0. The first-order valence-corrected chi connectivity index (χ1v) is 8.22. The predicted octanol–water partition coefficient (Wildman–Crippen LogP) is 2.19. The van der Waals surface area contributed by atoms with E-state index in [1.54, 1.807) is 26.2 Å². The molecule has 3 rings (SSSR count). The lowest BCUT2D eigenvalue weighted by molar-refractivity contribution is 0.0378. The molecule has 0 N–H and O–H groups in total. The van der Waals surface area contributed by atoms with E-state index in [0.717, 1.165) is 5.56 Å². The summed E-state index contributed by atoms with van der Waals surface area (Å²) in [5.74, 6) is -0.946.